The van der Waals surface area contributed by atoms with Crippen molar-refractivity contribution in [2.24, 2.45) is 11.3 Å². The molecular formula is C33H34BrNO4. The van der Waals surface area contributed by atoms with E-state index in [1.165, 1.54) is 0 Å². The Bertz CT molecular complexity index is 1400. The summed E-state index contributed by atoms with van der Waals surface area (Å²) in [7, 11) is 5.00. The number of allylic oxidation sites excluding steroid dienone is 1. The van der Waals surface area contributed by atoms with Gasteiger partial charge >= 0.3 is 0 Å². The number of carbonyl (C=O) groups is 1. The molecule has 0 spiro atoms. The van der Waals surface area contributed by atoms with Crippen LogP contribution in [0.25, 0.3) is 0 Å². The van der Waals surface area contributed by atoms with Gasteiger partial charge in [0.2, 0.25) is 5.91 Å². The topological polar surface area (TPSA) is 48.0 Å². The van der Waals surface area contributed by atoms with Gasteiger partial charge in [-0.05, 0) is 85.5 Å². The van der Waals surface area contributed by atoms with E-state index in [9.17, 15) is 4.79 Å². The molecule has 4 atom stereocenters. The number of ether oxygens (including phenoxy) is 3. The van der Waals surface area contributed by atoms with E-state index in [1.807, 2.05) is 54.6 Å². The van der Waals surface area contributed by atoms with Crippen molar-refractivity contribution in [1.29, 1.82) is 0 Å². The largest absolute Gasteiger partial charge is 0.497 e. The van der Waals surface area contributed by atoms with E-state index < -0.39 is 11.0 Å². The molecule has 1 saturated heterocycles. The number of fused-ring (bicyclic) bond motifs is 1. The number of rotatable bonds is 8. The lowest BCUT2D eigenvalue weighted by molar-refractivity contribution is -0.139. The molecule has 2 aliphatic rings. The van der Waals surface area contributed by atoms with Crippen molar-refractivity contribution >= 4 is 21.8 Å². The number of methoxy groups -OCH3 is 3. The molecule has 0 saturated carbocycles. The molecule has 1 aliphatic heterocycles. The SMILES string of the molecule is COC1=C[C@H]2[C@@](Cc3ccc(Br)cc3)(C=C1)C(=O)N([C@H](C)c1ccc(OC)cc1)[C@]2(C)c1ccc(OC)cc1. The third kappa shape index (κ3) is 4.55. The highest BCUT2D eigenvalue weighted by molar-refractivity contribution is 9.10. The summed E-state index contributed by atoms with van der Waals surface area (Å²) in [5.74, 6) is 2.24. The van der Waals surface area contributed by atoms with Crippen LogP contribution in [0.3, 0.4) is 0 Å². The smallest absolute Gasteiger partial charge is 0.234 e. The van der Waals surface area contributed by atoms with Crippen LogP contribution < -0.4 is 9.47 Å². The molecule has 1 aliphatic carbocycles. The molecule has 6 heteroatoms. The highest BCUT2D eigenvalue weighted by Crippen LogP contribution is 2.60. The molecule has 5 nitrogen and oxygen atoms in total. The maximum absolute atomic E-state index is 14.9. The van der Waals surface area contributed by atoms with Gasteiger partial charge < -0.3 is 19.1 Å². The molecule has 5 rings (SSSR count). The van der Waals surface area contributed by atoms with Crippen molar-refractivity contribution in [2.75, 3.05) is 21.3 Å². The van der Waals surface area contributed by atoms with Gasteiger partial charge in [-0.3, -0.25) is 4.79 Å². The highest BCUT2D eigenvalue weighted by atomic mass is 79.9. The minimum Gasteiger partial charge on any atom is -0.497 e. The lowest BCUT2D eigenvalue weighted by atomic mass is 9.63. The molecule has 0 unspecified atom stereocenters. The number of benzene rings is 3. The molecular weight excluding hydrogens is 554 g/mol. The molecule has 0 bridgehead atoms. The summed E-state index contributed by atoms with van der Waals surface area (Å²) in [5.41, 5.74) is 1.73. The highest BCUT2D eigenvalue weighted by Gasteiger charge is 2.65. The van der Waals surface area contributed by atoms with E-state index in [0.29, 0.717) is 6.42 Å². The second kappa shape index (κ2) is 10.6. The van der Waals surface area contributed by atoms with Crippen molar-refractivity contribution in [3.8, 4) is 11.5 Å². The van der Waals surface area contributed by atoms with E-state index in [4.69, 9.17) is 14.2 Å². The quantitative estimate of drug-likeness (QED) is 0.279. The van der Waals surface area contributed by atoms with Crippen LogP contribution in [0.4, 0.5) is 0 Å². The zero-order valence-electron chi connectivity index (χ0n) is 23.0. The molecule has 39 heavy (non-hydrogen) atoms. The average molecular weight is 589 g/mol. The second-order valence-corrected chi connectivity index (χ2v) is 11.3. The minimum absolute atomic E-state index is 0.0970. The van der Waals surface area contributed by atoms with E-state index in [2.05, 4.69) is 71.1 Å². The van der Waals surface area contributed by atoms with Crippen LogP contribution in [-0.2, 0) is 21.5 Å². The first kappa shape index (κ1) is 27.1. The fourth-order valence-corrected chi connectivity index (χ4v) is 6.60. The molecule has 0 radical (unpaired) electrons. The standard InChI is InChI=1S/C33H34BrNO4/c1-22(24-8-14-27(37-3)15-9-24)35-31(36)33(21-23-6-12-26(34)13-7-23)19-18-29(39-5)20-30(33)32(35,2)25-10-16-28(38-4)17-11-25/h6-20,22,30H,21H2,1-5H3/t22-,30-,32-,33+/m1/s1. The third-order valence-corrected chi connectivity index (χ3v) is 8.99. The lowest BCUT2D eigenvalue weighted by Crippen LogP contribution is -2.45. The predicted octanol–water partition coefficient (Wildman–Crippen LogP) is 7.23. The van der Waals surface area contributed by atoms with E-state index in [-0.39, 0.29) is 17.9 Å². The summed E-state index contributed by atoms with van der Waals surface area (Å²) in [6.45, 7) is 4.29. The van der Waals surface area contributed by atoms with Gasteiger partial charge in [-0.25, -0.2) is 0 Å². The van der Waals surface area contributed by atoms with Crippen LogP contribution in [0.2, 0.25) is 0 Å². The van der Waals surface area contributed by atoms with Crippen LogP contribution in [0.1, 0.15) is 36.6 Å². The third-order valence-electron chi connectivity index (χ3n) is 8.46. The lowest BCUT2D eigenvalue weighted by Gasteiger charge is -2.43. The van der Waals surface area contributed by atoms with Gasteiger partial charge in [0.05, 0.1) is 38.3 Å². The molecule has 0 N–H and O–H groups in total. The molecule has 1 heterocycles. The van der Waals surface area contributed by atoms with Crippen LogP contribution in [0, 0.1) is 11.3 Å². The number of carbonyl (C=O) groups excluding carboxylic acids is 1. The first-order valence-corrected chi connectivity index (χ1v) is 13.9. The van der Waals surface area contributed by atoms with Crippen molar-refractivity contribution in [3.63, 3.8) is 0 Å². The summed E-state index contributed by atoms with van der Waals surface area (Å²) in [4.78, 5) is 17.0. The Labute approximate surface area is 239 Å². The van der Waals surface area contributed by atoms with Gasteiger partial charge in [0.1, 0.15) is 17.3 Å². The van der Waals surface area contributed by atoms with Crippen molar-refractivity contribution in [1.82, 2.24) is 4.90 Å². The predicted molar refractivity (Wildman–Crippen MR) is 157 cm³/mol. The number of halogens is 1. The van der Waals surface area contributed by atoms with Crippen LogP contribution >= 0.6 is 15.9 Å². The zero-order chi connectivity index (χ0) is 27.8. The Morgan fingerprint density at radius 2 is 1.46 bits per heavy atom. The Balaban J connectivity index is 1.71. The van der Waals surface area contributed by atoms with Crippen LogP contribution in [-0.4, -0.2) is 32.1 Å². The van der Waals surface area contributed by atoms with Gasteiger partial charge in [0.15, 0.2) is 0 Å². The van der Waals surface area contributed by atoms with Crippen molar-refractivity contribution in [2.45, 2.75) is 31.8 Å². The maximum atomic E-state index is 14.9. The molecule has 202 valence electrons. The molecule has 3 aromatic rings. The number of hydrogen-bond acceptors (Lipinski definition) is 4. The van der Waals surface area contributed by atoms with Gasteiger partial charge in [-0.2, -0.15) is 0 Å². The van der Waals surface area contributed by atoms with Gasteiger partial charge in [-0.15, -0.1) is 0 Å². The maximum Gasteiger partial charge on any atom is 0.234 e. The summed E-state index contributed by atoms with van der Waals surface area (Å²) in [6, 6.07) is 24.1. The monoisotopic (exact) mass is 587 g/mol. The summed E-state index contributed by atoms with van der Waals surface area (Å²) >= 11 is 3.55. The van der Waals surface area contributed by atoms with Crippen molar-refractivity contribution < 1.29 is 19.0 Å². The summed E-state index contributed by atoms with van der Waals surface area (Å²) in [5, 5.41) is 0. The van der Waals surface area contributed by atoms with Gasteiger partial charge in [0, 0.05) is 10.4 Å². The fourth-order valence-electron chi connectivity index (χ4n) is 6.33. The van der Waals surface area contributed by atoms with Crippen LogP contribution in [0.5, 0.6) is 11.5 Å². The van der Waals surface area contributed by atoms with E-state index in [1.54, 1.807) is 21.3 Å². The van der Waals surface area contributed by atoms with Crippen molar-refractivity contribution in [3.05, 3.63) is 118 Å². The Morgan fingerprint density at radius 1 is 0.872 bits per heavy atom. The molecule has 1 fully saturated rings. The fraction of sp³-hybridized carbons (Fsp3) is 0.303. The Hall–Kier alpha value is -3.51. The number of nitrogens with zero attached hydrogens (tertiary/aromatic N) is 1. The number of likely N-dealkylation sites (tertiary alicyclic amines) is 1. The number of hydrogen-bond donors (Lipinski definition) is 0. The molecule has 3 aromatic carbocycles. The Morgan fingerprint density at radius 3 is 2.03 bits per heavy atom. The first-order valence-electron chi connectivity index (χ1n) is 13.1. The molecule has 1 amide bonds. The van der Waals surface area contributed by atoms with E-state index >= 15 is 0 Å². The average Bonchev–Trinajstić information content (AvgIpc) is 3.17. The normalized spacial score (nSPS) is 24.7. The van der Waals surface area contributed by atoms with Crippen LogP contribution in [0.15, 0.2) is 101 Å². The zero-order valence-corrected chi connectivity index (χ0v) is 24.6. The second-order valence-electron chi connectivity index (χ2n) is 10.4. The number of amides is 1. The Kier molecular flexibility index (Phi) is 7.34. The first-order chi connectivity index (χ1) is 18.8. The summed E-state index contributed by atoms with van der Waals surface area (Å²) in [6.07, 6.45) is 6.74. The van der Waals surface area contributed by atoms with E-state index in [0.717, 1.165) is 38.4 Å². The molecule has 0 aromatic heterocycles. The minimum atomic E-state index is -0.786. The van der Waals surface area contributed by atoms with Gasteiger partial charge in [-0.1, -0.05) is 58.4 Å². The summed E-state index contributed by atoms with van der Waals surface area (Å²) < 4.78 is 17.6. The van der Waals surface area contributed by atoms with Gasteiger partial charge in [0.25, 0.3) is 0 Å².